The summed E-state index contributed by atoms with van der Waals surface area (Å²) in [6, 6.07) is 10.6. The Kier molecular flexibility index (Phi) is 7.45. The summed E-state index contributed by atoms with van der Waals surface area (Å²) >= 11 is 1.16. The van der Waals surface area contributed by atoms with Crippen LogP contribution in [0.1, 0.15) is 52.1 Å². The molecule has 0 fully saturated rings. The summed E-state index contributed by atoms with van der Waals surface area (Å²) in [4.78, 5) is 45.1. The van der Waals surface area contributed by atoms with E-state index in [0.29, 0.717) is 22.7 Å². The number of thiazole rings is 1. The highest BCUT2D eigenvalue weighted by Crippen LogP contribution is 2.33. The molecule has 0 aliphatic rings. The first-order valence-electron chi connectivity index (χ1n) is 9.76. The lowest BCUT2D eigenvalue weighted by molar-refractivity contribution is -0.137. The number of nitrogens with zero attached hydrogens (tertiary/aromatic N) is 3. The third-order valence-electron chi connectivity index (χ3n) is 4.67. The van der Waals surface area contributed by atoms with Crippen molar-refractivity contribution >= 4 is 39.8 Å². The van der Waals surface area contributed by atoms with Crippen molar-refractivity contribution in [3.63, 3.8) is 0 Å². The van der Waals surface area contributed by atoms with Crippen LogP contribution in [0.25, 0.3) is 0 Å². The number of aromatic nitrogens is 2. The number of carbonyl (C=O) groups excluding carboxylic acids is 2. The first-order valence-corrected chi connectivity index (χ1v) is 10.6. The number of anilines is 2. The lowest BCUT2D eigenvalue weighted by atomic mass is 10.0. The standard InChI is InChI=1S/C22H22N4O4S/c23-20(29)19-22(31-14-25-19)26(17-10-12-24-13-11-17)21(30)16-8-6-15(7-9-16)4-2-1-3-5-18(27)28/h6-14H,1-5H2,(H2,23,29)(H,27,28). The number of benzene rings is 1. The summed E-state index contributed by atoms with van der Waals surface area (Å²) in [5, 5.41) is 9.04. The van der Waals surface area contributed by atoms with Crippen molar-refractivity contribution in [1.29, 1.82) is 0 Å². The average molecular weight is 439 g/mol. The van der Waals surface area contributed by atoms with Gasteiger partial charge in [-0.15, -0.1) is 11.3 Å². The maximum Gasteiger partial charge on any atom is 0.303 e. The predicted octanol–water partition coefficient (Wildman–Crippen LogP) is 3.80. The van der Waals surface area contributed by atoms with Gasteiger partial charge in [0, 0.05) is 24.4 Å². The number of hydrogen-bond donors (Lipinski definition) is 2. The summed E-state index contributed by atoms with van der Waals surface area (Å²) < 4.78 is 0. The number of carboxylic acid groups (broad SMARTS) is 1. The molecule has 0 saturated heterocycles. The Hall–Kier alpha value is -3.59. The second-order valence-electron chi connectivity index (χ2n) is 6.87. The number of amides is 2. The van der Waals surface area contributed by atoms with E-state index < -0.39 is 11.9 Å². The quantitative estimate of drug-likeness (QED) is 0.464. The lowest BCUT2D eigenvalue weighted by Crippen LogP contribution is -2.27. The fourth-order valence-corrected chi connectivity index (χ4v) is 3.93. The minimum absolute atomic E-state index is 0.0353. The van der Waals surface area contributed by atoms with Crippen LogP contribution in [-0.2, 0) is 11.2 Å². The Morgan fingerprint density at radius 2 is 1.71 bits per heavy atom. The zero-order valence-corrected chi connectivity index (χ0v) is 17.5. The van der Waals surface area contributed by atoms with Crippen molar-refractivity contribution in [2.45, 2.75) is 32.1 Å². The van der Waals surface area contributed by atoms with Crippen LogP contribution in [-0.4, -0.2) is 32.9 Å². The number of carbonyl (C=O) groups is 3. The molecule has 0 aliphatic carbocycles. The highest BCUT2D eigenvalue weighted by molar-refractivity contribution is 7.14. The Morgan fingerprint density at radius 1 is 1.00 bits per heavy atom. The second kappa shape index (κ2) is 10.4. The van der Waals surface area contributed by atoms with E-state index in [4.69, 9.17) is 10.8 Å². The van der Waals surface area contributed by atoms with Crippen LogP contribution in [0, 0.1) is 0 Å². The fraction of sp³-hybridized carbons (Fsp3) is 0.227. The van der Waals surface area contributed by atoms with Crippen LogP contribution >= 0.6 is 11.3 Å². The van der Waals surface area contributed by atoms with Gasteiger partial charge in [0.15, 0.2) is 5.69 Å². The maximum atomic E-state index is 13.4. The molecule has 9 heteroatoms. The van der Waals surface area contributed by atoms with Crippen LogP contribution in [0.5, 0.6) is 0 Å². The lowest BCUT2D eigenvalue weighted by Gasteiger charge is -2.21. The topological polar surface area (TPSA) is 126 Å². The van der Waals surface area contributed by atoms with Gasteiger partial charge >= 0.3 is 5.97 Å². The molecule has 0 saturated carbocycles. The number of carboxylic acids is 1. The van der Waals surface area contributed by atoms with Crippen molar-refractivity contribution in [2.75, 3.05) is 4.90 Å². The minimum atomic E-state index is -0.776. The molecule has 0 bridgehead atoms. The first kappa shape index (κ1) is 22.1. The number of pyridine rings is 1. The Bertz CT molecular complexity index is 1050. The molecule has 0 unspecified atom stereocenters. The van der Waals surface area contributed by atoms with Crippen molar-refractivity contribution in [1.82, 2.24) is 9.97 Å². The van der Waals surface area contributed by atoms with Gasteiger partial charge in [0.2, 0.25) is 0 Å². The Morgan fingerprint density at radius 3 is 2.35 bits per heavy atom. The molecule has 31 heavy (non-hydrogen) atoms. The number of nitrogens with two attached hydrogens (primary N) is 1. The maximum absolute atomic E-state index is 13.4. The zero-order chi connectivity index (χ0) is 22.2. The van der Waals surface area contributed by atoms with Gasteiger partial charge in [0.1, 0.15) is 5.00 Å². The Labute approximate surface area is 183 Å². The minimum Gasteiger partial charge on any atom is -0.481 e. The van der Waals surface area contributed by atoms with Gasteiger partial charge in [-0.1, -0.05) is 18.6 Å². The van der Waals surface area contributed by atoms with E-state index in [1.54, 1.807) is 36.7 Å². The SMILES string of the molecule is NC(=O)c1ncsc1N(C(=O)c1ccc(CCCCCC(=O)O)cc1)c1ccncc1. The molecule has 0 spiro atoms. The summed E-state index contributed by atoms with van der Waals surface area (Å²) in [6.07, 6.45) is 6.49. The van der Waals surface area contributed by atoms with Crippen LogP contribution in [0.4, 0.5) is 10.7 Å². The highest BCUT2D eigenvalue weighted by Gasteiger charge is 2.26. The third-order valence-corrected chi connectivity index (χ3v) is 5.48. The van der Waals surface area contributed by atoms with Crippen LogP contribution in [0.15, 0.2) is 54.3 Å². The van der Waals surface area contributed by atoms with Gasteiger partial charge in [-0.05, 0) is 49.1 Å². The highest BCUT2D eigenvalue weighted by atomic mass is 32.1. The van der Waals surface area contributed by atoms with Crippen LogP contribution < -0.4 is 10.6 Å². The molecular weight excluding hydrogens is 416 g/mol. The van der Waals surface area contributed by atoms with Gasteiger partial charge in [-0.25, -0.2) is 4.98 Å². The molecule has 0 aliphatic heterocycles. The summed E-state index contributed by atoms with van der Waals surface area (Å²) in [5.41, 5.74) is 9.02. The Balaban J connectivity index is 1.78. The number of aliphatic carboxylic acids is 1. The van der Waals surface area contributed by atoms with E-state index in [1.165, 1.54) is 10.4 Å². The number of hydrogen-bond acceptors (Lipinski definition) is 6. The van der Waals surface area contributed by atoms with E-state index in [9.17, 15) is 14.4 Å². The van der Waals surface area contributed by atoms with Crippen molar-refractivity contribution in [3.05, 3.63) is 71.1 Å². The summed E-state index contributed by atoms with van der Waals surface area (Å²) in [5.74, 6) is -1.80. The first-order chi connectivity index (χ1) is 15.0. The van der Waals surface area contributed by atoms with Gasteiger partial charge in [-0.2, -0.15) is 0 Å². The molecule has 8 nitrogen and oxygen atoms in total. The van der Waals surface area contributed by atoms with Crippen LogP contribution in [0.3, 0.4) is 0 Å². The molecule has 1 aromatic carbocycles. The van der Waals surface area contributed by atoms with Gasteiger partial charge in [-0.3, -0.25) is 24.3 Å². The monoisotopic (exact) mass is 438 g/mol. The molecule has 2 heterocycles. The number of unbranched alkanes of at least 4 members (excludes halogenated alkanes) is 2. The van der Waals surface area contributed by atoms with E-state index in [2.05, 4.69) is 9.97 Å². The normalized spacial score (nSPS) is 10.6. The van der Waals surface area contributed by atoms with E-state index >= 15 is 0 Å². The van der Waals surface area contributed by atoms with E-state index in [-0.39, 0.29) is 18.0 Å². The summed E-state index contributed by atoms with van der Waals surface area (Å²) in [7, 11) is 0. The fourth-order valence-electron chi connectivity index (χ4n) is 3.11. The van der Waals surface area contributed by atoms with E-state index in [0.717, 1.165) is 36.2 Å². The van der Waals surface area contributed by atoms with Crippen LogP contribution in [0.2, 0.25) is 0 Å². The zero-order valence-electron chi connectivity index (χ0n) is 16.7. The molecule has 3 aromatic rings. The largest absolute Gasteiger partial charge is 0.481 e. The van der Waals surface area contributed by atoms with Gasteiger partial charge < -0.3 is 10.8 Å². The predicted molar refractivity (Wildman–Crippen MR) is 118 cm³/mol. The van der Waals surface area contributed by atoms with Gasteiger partial charge in [0.05, 0.1) is 11.2 Å². The van der Waals surface area contributed by atoms with Crippen molar-refractivity contribution < 1.29 is 19.5 Å². The number of primary amides is 1. The molecular formula is C22H22N4O4S. The molecule has 3 N–H and O–H groups in total. The number of aryl methyl sites for hydroxylation is 1. The van der Waals surface area contributed by atoms with Gasteiger partial charge in [0.25, 0.3) is 11.8 Å². The molecule has 3 rings (SSSR count). The molecule has 0 radical (unpaired) electrons. The average Bonchev–Trinajstić information content (AvgIpc) is 3.24. The molecule has 0 atom stereocenters. The smallest absolute Gasteiger partial charge is 0.303 e. The third kappa shape index (κ3) is 5.73. The van der Waals surface area contributed by atoms with E-state index in [1.807, 2.05) is 12.1 Å². The second-order valence-corrected chi connectivity index (χ2v) is 7.70. The molecule has 160 valence electrons. The molecule has 2 amide bonds. The molecule has 2 aromatic heterocycles. The number of rotatable bonds is 10. The summed E-state index contributed by atoms with van der Waals surface area (Å²) in [6.45, 7) is 0. The van der Waals surface area contributed by atoms with Crippen molar-refractivity contribution in [3.8, 4) is 0 Å². The van der Waals surface area contributed by atoms with Crippen molar-refractivity contribution in [2.24, 2.45) is 5.73 Å².